The molecule has 1 aromatic heterocycles. The molecule has 34 heavy (non-hydrogen) atoms. The summed E-state index contributed by atoms with van der Waals surface area (Å²) in [5.41, 5.74) is 4.04. The number of carbonyl (C=O) groups excluding carboxylic acids is 1. The van der Waals surface area contributed by atoms with Crippen LogP contribution in [0.5, 0.6) is 0 Å². The van der Waals surface area contributed by atoms with Crippen molar-refractivity contribution in [3.63, 3.8) is 0 Å². The molecule has 1 fully saturated rings. The minimum absolute atomic E-state index is 0.147. The lowest BCUT2D eigenvalue weighted by molar-refractivity contribution is 0.0941. The van der Waals surface area contributed by atoms with E-state index in [-0.39, 0.29) is 18.1 Å². The zero-order chi connectivity index (χ0) is 23.9. The Labute approximate surface area is 201 Å². The summed E-state index contributed by atoms with van der Waals surface area (Å²) in [5.74, 6) is 0.699. The summed E-state index contributed by atoms with van der Waals surface area (Å²) in [7, 11) is 2.12. The summed E-state index contributed by atoms with van der Waals surface area (Å²) >= 11 is 0. The number of rotatable bonds is 7. The highest BCUT2D eigenvalue weighted by molar-refractivity contribution is 5.95. The van der Waals surface area contributed by atoms with Crippen molar-refractivity contribution in [1.29, 1.82) is 0 Å². The minimum Gasteiger partial charge on any atom is -0.354 e. The first-order valence-electron chi connectivity index (χ1n) is 11.8. The van der Waals surface area contributed by atoms with Gasteiger partial charge in [-0.25, -0.2) is 9.98 Å². The Morgan fingerprint density at radius 1 is 1.24 bits per heavy atom. The lowest BCUT2D eigenvalue weighted by Crippen LogP contribution is -2.44. The summed E-state index contributed by atoms with van der Waals surface area (Å²) < 4.78 is 0. The van der Waals surface area contributed by atoms with Gasteiger partial charge >= 0.3 is 0 Å². The molecule has 3 heterocycles. The van der Waals surface area contributed by atoms with E-state index in [1.54, 1.807) is 18.6 Å². The average molecular weight is 460 g/mol. The topological polar surface area (TPSA) is 85.5 Å². The summed E-state index contributed by atoms with van der Waals surface area (Å²) in [5, 5.41) is 2.97. The van der Waals surface area contributed by atoms with Gasteiger partial charge in [0, 0.05) is 56.8 Å². The second kappa shape index (κ2) is 11.2. The van der Waals surface area contributed by atoms with E-state index in [0.29, 0.717) is 5.56 Å². The molecule has 0 radical (unpaired) electrons. The van der Waals surface area contributed by atoms with Crippen molar-refractivity contribution in [2.75, 3.05) is 38.1 Å². The number of benzene rings is 1. The van der Waals surface area contributed by atoms with Crippen molar-refractivity contribution in [2.24, 2.45) is 15.0 Å². The molecule has 0 spiro atoms. The van der Waals surface area contributed by atoms with Crippen LogP contribution < -0.4 is 10.2 Å². The molecule has 4 rings (SSSR count). The number of aromatic nitrogens is 1. The largest absolute Gasteiger partial charge is 0.354 e. The smallest absolute Gasteiger partial charge is 0.253 e. The van der Waals surface area contributed by atoms with Crippen molar-refractivity contribution in [1.82, 2.24) is 15.2 Å². The molecule has 8 nitrogen and oxygen atoms in total. The zero-order valence-electron chi connectivity index (χ0n) is 20.2. The summed E-state index contributed by atoms with van der Waals surface area (Å²) in [6.07, 6.45) is 8.52. The van der Waals surface area contributed by atoms with Crippen LogP contribution in [0.25, 0.3) is 0 Å². The maximum Gasteiger partial charge on any atom is 0.253 e. The van der Waals surface area contributed by atoms with Gasteiger partial charge < -0.3 is 15.1 Å². The molecule has 1 aromatic carbocycles. The van der Waals surface area contributed by atoms with Crippen LogP contribution in [0.2, 0.25) is 0 Å². The number of aryl methyl sites for hydroxylation is 1. The third kappa shape index (κ3) is 6.35. The van der Waals surface area contributed by atoms with Crippen LogP contribution >= 0.6 is 0 Å². The van der Waals surface area contributed by atoms with Gasteiger partial charge in [0.2, 0.25) is 0 Å². The predicted octanol–water partition coefficient (Wildman–Crippen LogP) is 2.75. The fraction of sp³-hybridized carbons (Fsp3) is 0.423. The molecule has 1 saturated heterocycles. The Bertz CT molecular complexity index is 1090. The van der Waals surface area contributed by atoms with Crippen LogP contribution in [0.1, 0.15) is 40.4 Å². The average Bonchev–Trinajstić information content (AvgIpc) is 2.85. The van der Waals surface area contributed by atoms with E-state index >= 15 is 0 Å². The van der Waals surface area contributed by atoms with Gasteiger partial charge in [0.1, 0.15) is 18.3 Å². The van der Waals surface area contributed by atoms with Crippen molar-refractivity contribution in [2.45, 2.75) is 38.9 Å². The van der Waals surface area contributed by atoms with Crippen molar-refractivity contribution in [3.8, 4) is 0 Å². The molecule has 178 valence electrons. The summed E-state index contributed by atoms with van der Waals surface area (Å²) in [6.45, 7) is 7.77. The molecule has 0 aliphatic carbocycles. The Morgan fingerprint density at radius 3 is 2.79 bits per heavy atom. The number of likely N-dealkylation sites (N-methyl/N-ethyl adjacent to an activating group) is 1. The molecule has 0 bridgehead atoms. The van der Waals surface area contributed by atoms with Gasteiger partial charge in [-0.2, -0.15) is 0 Å². The lowest BCUT2D eigenvalue weighted by atomic mass is 9.99. The predicted molar refractivity (Wildman–Crippen MR) is 139 cm³/mol. The molecule has 2 aliphatic rings. The molecular formula is C26H33N7O. The fourth-order valence-electron chi connectivity index (χ4n) is 4.11. The van der Waals surface area contributed by atoms with Gasteiger partial charge in [-0.15, -0.1) is 0 Å². The molecule has 8 heteroatoms. The molecule has 1 amide bonds. The van der Waals surface area contributed by atoms with Crippen molar-refractivity contribution >= 4 is 30.5 Å². The Kier molecular flexibility index (Phi) is 7.80. The first-order chi connectivity index (χ1) is 16.5. The summed E-state index contributed by atoms with van der Waals surface area (Å²) in [6, 6.07) is 10.3. The molecule has 2 aromatic rings. The van der Waals surface area contributed by atoms with Crippen LogP contribution in [-0.4, -0.2) is 80.0 Å². The third-order valence-electron chi connectivity index (χ3n) is 6.24. The molecule has 2 atom stereocenters. The van der Waals surface area contributed by atoms with Crippen LogP contribution in [0, 0.1) is 6.92 Å². The molecule has 2 aliphatic heterocycles. The van der Waals surface area contributed by atoms with E-state index in [4.69, 9.17) is 0 Å². The number of amides is 1. The number of aliphatic imine (C=N–C) groups is 3. The highest BCUT2D eigenvalue weighted by Crippen LogP contribution is 2.16. The van der Waals surface area contributed by atoms with Gasteiger partial charge in [-0.1, -0.05) is 18.2 Å². The SMILES string of the molecule is Cc1cc(CC2CC=NC=N2)ccc1C=NC(C)NC(=O)c1ccnc(N2CCN(C)CC2)c1. The van der Waals surface area contributed by atoms with E-state index in [1.165, 1.54) is 5.56 Å². The summed E-state index contributed by atoms with van der Waals surface area (Å²) in [4.78, 5) is 34.8. The number of piperazine rings is 1. The number of nitrogens with one attached hydrogen (secondary N) is 1. The third-order valence-corrected chi connectivity index (χ3v) is 6.24. The Balaban J connectivity index is 1.33. The Hall–Kier alpha value is -3.39. The Morgan fingerprint density at radius 2 is 2.06 bits per heavy atom. The van der Waals surface area contributed by atoms with Gasteiger partial charge in [0.25, 0.3) is 5.91 Å². The van der Waals surface area contributed by atoms with Gasteiger partial charge in [0.15, 0.2) is 0 Å². The number of hydrogen-bond acceptors (Lipinski definition) is 7. The molecule has 1 N–H and O–H groups in total. The lowest BCUT2D eigenvalue weighted by Gasteiger charge is -2.33. The van der Waals surface area contributed by atoms with Crippen LogP contribution in [0.15, 0.2) is 51.5 Å². The van der Waals surface area contributed by atoms with Crippen LogP contribution in [0.4, 0.5) is 5.82 Å². The molecule has 2 unspecified atom stereocenters. The maximum absolute atomic E-state index is 12.8. The maximum atomic E-state index is 12.8. The van der Waals surface area contributed by atoms with Gasteiger partial charge in [-0.05, 0) is 56.1 Å². The van der Waals surface area contributed by atoms with E-state index in [1.807, 2.05) is 25.4 Å². The molecule has 0 saturated carbocycles. The van der Waals surface area contributed by atoms with Gasteiger partial charge in [-0.3, -0.25) is 14.8 Å². The quantitative estimate of drug-likeness (QED) is 0.645. The second-order valence-electron chi connectivity index (χ2n) is 9.00. The minimum atomic E-state index is -0.345. The number of pyridine rings is 1. The van der Waals surface area contributed by atoms with E-state index in [9.17, 15) is 4.79 Å². The number of nitrogens with zero attached hydrogens (tertiary/aromatic N) is 6. The number of anilines is 1. The first kappa shape index (κ1) is 23.8. The fourth-order valence-corrected chi connectivity index (χ4v) is 4.11. The van der Waals surface area contributed by atoms with Crippen LogP contribution in [0.3, 0.4) is 0 Å². The van der Waals surface area contributed by atoms with Crippen molar-refractivity contribution in [3.05, 3.63) is 58.8 Å². The zero-order valence-corrected chi connectivity index (χ0v) is 20.2. The first-order valence-corrected chi connectivity index (χ1v) is 11.8. The van der Waals surface area contributed by atoms with E-state index in [0.717, 1.165) is 56.0 Å². The standard InChI is InChI=1S/C26H33N7O/c1-19-14-21(15-24-7-8-27-18-30-24)4-5-23(19)17-29-20(2)31-26(34)22-6-9-28-25(16-22)33-12-10-32(3)11-13-33/h4-6,8-9,14,16-18,20,24H,7,10-13,15H2,1-3H3,(H,31,34). The highest BCUT2D eigenvalue weighted by Gasteiger charge is 2.17. The normalized spacial score (nSPS) is 19.5. The van der Waals surface area contributed by atoms with E-state index in [2.05, 4.69) is 67.2 Å². The van der Waals surface area contributed by atoms with Gasteiger partial charge in [0.05, 0.1) is 6.04 Å². The van der Waals surface area contributed by atoms with E-state index < -0.39 is 0 Å². The van der Waals surface area contributed by atoms with Crippen molar-refractivity contribution < 1.29 is 4.79 Å². The molecular weight excluding hydrogens is 426 g/mol. The second-order valence-corrected chi connectivity index (χ2v) is 9.00. The monoisotopic (exact) mass is 459 g/mol. The van der Waals surface area contributed by atoms with Crippen LogP contribution in [-0.2, 0) is 6.42 Å². The number of hydrogen-bond donors (Lipinski definition) is 1. The number of carbonyl (C=O) groups is 1. The highest BCUT2D eigenvalue weighted by atomic mass is 16.1.